The molecule has 3 heteroatoms. The maximum absolute atomic E-state index is 5.14. The Bertz CT molecular complexity index is 2170. The Balaban J connectivity index is 1.24. The summed E-state index contributed by atoms with van der Waals surface area (Å²) in [5.41, 5.74) is 8.25. The van der Waals surface area contributed by atoms with Crippen LogP contribution in [-0.4, -0.2) is 11.8 Å². The van der Waals surface area contributed by atoms with Gasteiger partial charge in [0.25, 0.3) is 0 Å². The number of fused-ring (bicyclic) bond motifs is 4. The fraction of sp³-hybridized carbons (Fsp3) is 0.0250. The smallest absolute Gasteiger partial charge is 0.0950 e. The van der Waals surface area contributed by atoms with Crippen LogP contribution in [0.2, 0.25) is 0 Å². The molecule has 43 heavy (non-hydrogen) atoms. The molecule has 0 fully saturated rings. The number of rotatable bonds is 4. The van der Waals surface area contributed by atoms with Crippen molar-refractivity contribution >= 4 is 62.5 Å². The van der Waals surface area contributed by atoms with E-state index in [2.05, 4.69) is 157 Å². The Morgan fingerprint density at radius 2 is 1.19 bits per heavy atom. The number of hydrogen-bond acceptors (Lipinski definition) is 2. The fourth-order valence-electron chi connectivity index (χ4n) is 6.91. The third kappa shape index (κ3) is 3.80. The van der Waals surface area contributed by atoms with Gasteiger partial charge in [-0.2, -0.15) is 0 Å². The second-order valence-corrected chi connectivity index (χ2v) is 13.4. The number of benzene rings is 6. The van der Waals surface area contributed by atoms with E-state index in [0.29, 0.717) is 0 Å². The Labute approximate surface area is 252 Å². The summed E-state index contributed by atoms with van der Waals surface area (Å²) in [7, 11) is -0.719. The van der Waals surface area contributed by atoms with Crippen LogP contribution >= 0.6 is 7.92 Å². The first-order valence-corrected chi connectivity index (χ1v) is 16.1. The van der Waals surface area contributed by atoms with Crippen LogP contribution in [0.25, 0.3) is 44.1 Å². The molecule has 1 N–H and O–H groups in total. The lowest BCUT2D eigenvalue weighted by Gasteiger charge is -2.25. The van der Waals surface area contributed by atoms with Crippen LogP contribution < -0.4 is 21.2 Å². The average molecular weight is 567 g/mol. The molecule has 3 aliphatic rings. The quantitative estimate of drug-likeness (QED) is 0.214. The van der Waals surface area contributed by atoms with Crippen molar-refractivity contribution in [2.45, 2.75) is 6.04 Å². The molecule has 0 spiro atoms. The minimum atomic E-state index is -0.719. The normalized spacial score (nSPS) is 16.4. The molecule has 1 unspecified atom stereocenters. The number of nitrogens with one attached hydrogen (secondary N) is 1. The summed E-state index contributed by atoms with van der Waals surface area (Å²) in [6.07, 6.45) is 8.47. The third-order valence-electron chi connectivity index (χ3n) is 8.80. The van der Waals surface area contributed by atoms with Gasteiger partial charge in [-0.1, -0.05) is 146 Å². The molecule has 0 amide bonds. The fourth-order valence-corrected chi connectivity index (χ4v) is 9.37. The van der Waals surface area contributed by atoms with Crippen molar-refractivity contribution in [1.29, 1.82) is 0 Å². The van der Waals surface area contributed by atoms with Crippen LogP contribution in [0.15, 0.2) is 157 Å². The second kappa shape index (κ2) is 9.76. The van der Waals surface area contributed by atoms with Crippen molar-refractivity contribution in [3.8, 4) is 11.1 Å². The van der Waals surface area contributed by atoms with E-state index in [9.17, 15) is 0 Å². The van der Waals surface area contributed by atoms with Gasteiger partial charge < -0.3 is 5.32 Å². The maximum Gasteiger partial charge on any atom is 0.0950 e. The number of aliphatic imine (C=N–C) groups is 1. The van der Waals surface area contributed by atoms with Gasteiger partial charge in [-0.05, 0) is 57.2 Å². The standard InChI is InChI=1S/C40H27N2P/c1-3-12-26(13-4-1)43(27-14-5-2-6-15-27)37-25-24-29(28-16-7-8-17-31(28)37)30-22-23-34-38-32(30)18-11-19-33(38)39-40(34)42-36-21-10-9-20-35(36)41-39/h1-25,35,41H. The second-order valence-electron chi connectivity index (χ2n) is 11.2. The van der Waals surface area contributed by atoms with Crippen LogP contribution in [0.1, 0.15) is 11.1 Å². The highest BCUT2D eigenvalue weighted by Crippen LogP contribution is 2.47. The molecule has 6 aromatic carbocycles. The molecule has 0 bridgehead atoms. The first kappa shape index (κ1) is 24.5. The molecule has 1 heterocycles. The van der Waals surface area contributed by atoms with Crippen molar-refractivity contribution in [1.82, 2.24) is 5.32 Å². The van der Waals surface area contributed by atoms with E-state index >= 15 is 0 Å². The van der Waals surface area contributed by atoms with Crippen molar-refractivity contribution < 1.29 is 0 Å². The zero-order valence-electron chi connectivity index (χ0n) is 23.4. The number of allylic oxidation sites excluding steroid dienone is 2. The molecule has 0 radical (unpaired) electrons. The summed E-state index contributed by atoms with van der Waals surface area (Å²) in [6.45, 7) is 0. The van der Waals surface area contributed by atoms with Gasteiger partial charge in [0, 0.05) is 16.5 Å². The van der Waals surface area contributed by atoms with E-state index in [1.54, 1.807) is 0 Å². The van der Waals surface area contributed by atoms with Crippen molar-refractivity contribution in [3.63, 3.8) is 0 Å². The molecular formula is C40H27N2P. The molecule has 6 aromatic rings. The topological polar surface area (TPSA) is 24.4 Å². The van der Waals surface area contributed by atoms with Crippen LogP contribution in [0.5, 0.6) is 0 Å². The SMILES string of the molecule is C1=CC2=NC3=C(NC2C=C1)c1cccc2c(-c4ccc(P(c5ccccc5)c5ccccc5)c5ccccc45)ccc3c12. The van der Waals surface area contributed by atoms with Gasteiger partial charge in [-0.25, -0.2) is 4.99 Å². The minimum Gasteiger partial charge on any atom is -0.371 e. The number of hydrogen-bond donors (Lipinski definition) is 1. The molecule has 202 valence electrons. The van der Waals surface area contributed by atoms with Crippen LogP contribution in [-0.2, 0) is 0 Å². The monoisotopic (exact) mass is 566 g/mol. The van der Waals surface area contributed by atoms with Gasteiger partial charge >= 0.3 is 0 Å². The van der Waals surface area contributed by atoms with E-state index in [-0.39, 0.29) is 6.04 Å². The third-order valence-corrected chi connectivity index (χ3v) is 11.3. The van der Waals surface area contributed by atoms with Gasteiger partial charge in [-0.15, -0.1) is 0 Å². The zero-order chi connectivity index (χ0) is 28.3. The lowest BCUT2D eigenvalue weighted by molar-refractivity contribution is 0.886. The summed E-state index contributed by atoms with van der Waals surface area (Å²) < 4.78 is 0. The van der Waals surface area contributed by atoms with Crippen LogP contribution in [0.3, 0.4) is 0 Å². The molecule has 1 aliphatic heterocycles. The predicted molar refractivity (Wildman–Crippen MR) is 185 cm³/mol. The number of nitrogens with zero attached hydrogens (tertiary/aromatic N) is 1. The van der Waals surface area contributed by atoms with Crippen molar-refractivity contribution in [2.75, 3.05) is 0 Å². The summed E-state index contributed by atoms with van der Waals surface area (Å²) >= 11 is 0. The highest BCUT2D eigenvalue weighted by Gasteiger charge is 2.31. The molecule has 2 nitrogen and oxygen atoms in total. The maximum atomic E-state index is 5.14. The lowest BCUT2D eigenvalue weighted by atomic mass is 9.91. The van der Waals surface area contributed by atoms with Crippen molar-refractivity contribution in [3.05, 3.63) is 163 Å². The van der Waals surface area contributed by atoms with E-state index < -0.39 is 7.92 Å². The van der Waals surface area contributed by atoms with E-state index in [0.717, 1.165) is 17.1 Å². The van der Waals surface area contributed by atoms with Gasteiger partial charge in [0.1, 0.15) is 0 Å². The zero-order valence-corrected chi connectivity index (χ0v) is 24.3. The lowest BCUT2D eigenvalue weighted by Crippen LogP contribution is -2.36. The van der Waals surface area contributed by atoms with Gasteiger partial charge in [-0.3, -0.25) is 0 Å². The first-order valence-electron chi connectivity index (χ1n) is 14.8. The highest BCUT2D eigenvalue weighted by molar-refractivity contribution is 7.80. The van der Waals surface area contributed by atoms with E-state index in [4.69, 9.17) is 4.99 Å². The molecule has 0 saturated heterocycles. The van der Waals surface area contributed by atoms with Crippen molar-refractivity contribution in [2.24, 2.45) is 4.99 Å². The van der Waals surface area contributed by atoms with Gasteiger partial charge in [0.2, 0.25) is 0 Å². The Morgan fingerprint density at radius 3 is 1.98 bits per heavy atom. The van der Waals surface area contributed by atoms with Crippen LogP contribution in [0.4, 0.5) is 0 Å². The van der Waals surface area contributed by atoms with E-state index in [1.807, 2.05) is 0 Å². The average Bonchev–Trinajstić information content (AvgIpc) is 3.39. The first-order chi connectivity index (χ1) is 21.3. The Hall–Kier alpha value is -5.04. The summed E-state index contributed by atoms with van der Waals surface area (Å²) in [6, 6.07) is 47.0. The highest BCUT2D eigenvalue weighted by atomic mass is 31.1. The predicted octanol–water partition coefficient (Wildman–Crippen LogP) is 8.10. The summed E-state index contributed by atoms with van der Waals surface area (Å²) in [5.74, 6) is 0. The minimum absolute atomic E-state index is 0.119. The van der Waals surface area contributed by atoms with E-state index in [1.165, 1.54) is 59.7 Å². The largest absolute Gasteiger partial charge is 0.371 e. The Kier molecular flexibility index (Phi) is 5.57. The molecule has 2 aliphatic carbocycles. The van der Waals surface area contributed by atoms with Crippen LogP contribution in [0, 0.1) is 0 Å². The molecule has 1 atom stereocenters. The molecule has 9 rings (SSSR count). The molecule has 0 saturated carbocycles. The summed E-state index contributed by atoms with van der Waals surface area (Å²) in [4.78, 5) is 5.14. The molecular weight excluding hydrogens is 539 g/mol. The summed E-state index contributed by atoms with van der Waals surface area (Å²) in [5, 5.41) is 13.1. The van der Waals surface area contributed by atoms with Gasteiger partial charge in [0.15, 0.2) is 0 Å². The Morgan fingerprint density at radius 1 is 0.535 bits per heavy atom. The van der Waals surface area contributed by atoms with Gasteiger partial charge in [0.05, 0.1) is 23.1 Å². The molecule has 0 aromatic heterocycles.